The molecule has 7 nitrogen and oxygen atoms in total. The number of allylic oxidation sites excluding steroid dienone is 2. The molecule has 0 amide bonds. The first-order valence-corrected chi connectivity index (χ1v) is 10.1. The van der Waals surface area contributed by atoms with Crippen LogP contribution in [0.3, 0.4) is 0 Å². The lowest BCUT2D eigenvalue weighted by molar-refractivity contribution is 0.236. The fourth-order valence-electron chi connectivity index (χ4n) is 2.09. The van der Waals surface area contributed by atoms with E-state index in [9.17, 15) is 0 Å². The fraction of sp³-hybridized carbons (Fsp3) is 0.182. The smallest absolute Gasteiger partial charge is 0.331 e. The Labute approximate surface area is 177 Å². The van der Waals surface area contributed by atoms with Crippen molar-refractivity contribution in [1.82, 2.24) is 4.98 Å². The van der Waals surface area contributed by atoms with Gasteiger partial charge in [-0.05, 0) is 29.3 Å². The number of rotatable bonds is 10. The van der Waals surface area contributed by atoms with Crippen molar-refractivity contribution >= 4 is 14.4 Å². The molecule has 8 heteroatoms. The van der Waals surface area contributed by atoms with Gasteiger partial charge in [0.05, 0.1) is 0 Å². The lowest BCUT2D eigenvalue weighted by Crippen LogP contribution is -2.09. The molecule has 0 spiro atoms. The molecule has 1 heterocycles. The number of hydrogen-bond acceptors (Lipinski definition) is 6. The van der Waals surface area contributed by atoms with Crippen LogP contribution < -0.4 is 10.5 Å². The van der Waals surface area contributed by atoms with Crippen LogP contribution in [0.1, 0.15) is 11.1 Å². The van der Waals surface area contributed by atoms with Crippen molar-refractivity contribution in [3.05, 3.63) is 84.1 Å². The number of benzene rings is 1. The van der Waals surface area contributed by atoms with E-state index in [0.29, 0.717) is 24.5 Å². The van der Waals surface area contributed by atoms with Gasteiger partial charge in [-0.25, -0.2) is 9.98 Å². The van der Waals surface area contributed by atoms with Gasteiger partial charge in [-0.2, -0.15) is 0 Å². The second-order valence-corrected chi connectivity index (χ2v) is 6.97. The molecule has 0 aliphatic carbocycles. The lowest BCUT2D eigenvalue weighted by atomic mass is 10.1. The zero-order valence-electron chi connectivity index (χ0n) is 16.7. The Balaban J connectivity index is 1.76. The number of amidine groups is 1. The van der Waals surface area contributed by atoms with Gasteiger partial charge in [-0.3, -0.25) is 4.52 Å². The highest BCUT2D eigenvalue weighted by atomic mass is 31.2. The number of pyridine rings is 1. The van der Waals surface area contributed by atoms with E-state index in [4.69, 9.17) is 19.9 Å². The van der Waals surface area contributed by atoms with E-state index in [2.05, 4.69) is 32.9 Å². The van der Waals surface area contributed by atoms with E-state index < -0.39 is 8.60 Å². The second kappa shape index (κ2) is 13.3. The Morgan fingerprint density at radius 3 is 2.70 bits per heavy atom. The molecule has 0 saturated heterocycles. The van der Waals surface area contributed by atoms with Crippen LogP contribution in [0.2, 0.25) is 0 Å². The molecule has 0 aliphatic rings. The molecule has 156 valence electrons. The first-order valence-electron chi connectivity index (χ1n) is 9.00. The highest BCUT2D eigenvalue weighted by molar-refractivity contribution is 7.40. The number of nitrogens with two attached hydrogens (primary N) is 1. The topological polar surface area (TPSA) is 99.2 Å². The van der Waals surface area contributed by atoms with Gasteiger partial charge < -0.3 is 19.9 Å². The summed E-state index contributed by atoms with van der Waals surface area (Å²) in [6, 6.07) is 13.6. The zero-order valence-corrected chi connectivity index (χ0v) is 17.6. The molecular weight excluding hydrogens is 401 g/mol. The molecule has 0 aliphatic heterocycles. The molecule has 0 radical (unpaired) electrons. The van der Waals surface area contributed by atoms with E-state index in [0.717, 1.165) is 11.1 Å². The number of ether oxygens (including phenoxy) is 1. The molecule has 1 atom stereocenters. The average molecular weight is 425 g/mol. The molecule has 30 heavy (non-hydrogen) atoms. The first-order chi connectivity index (χ1) is 14.6. The van der Waals surface area contributed by atoms with Crippen molar-refractivity contribution in [2.24, 2.45) is 10.7 Å². The third kappa shape index (κ3) is 9.46. The Bertz CT molecular complexity index is 919. The van der Waals surface area contributed by atoms with Gasteiger partial charge in [-0.1, -0.05) is 48.8 Å². The Kier molecular flexibility index (Phi) is 10.3. The minimum absolute atomic E-state index is 0.0900. The largest absolute Gasteiger partial charge is 0.473 e. The number of hydrogen-bond donors (Lipinski definition) is 2. The molecule has 0 fully saturated rings. The SMILES string of the molecule is C=C(C#CCc1ccc(COc2ccccn2)cc1)/C=C\C(N)=N\COP(O)OC. The molecule has 1 aromatic heterocycles. The van der Waals surface area contributed by atoms with Gasteiger partial charge in [0.15, 0.2) is 0 Å². The monoisotopic (exact) mass is 425 g/mol. The molecule has 1 aromatic carbocycles. The molecule has 3 N–H and O–H groups in total. The summed E-state index contributed by atoms with van der Waals surface area (Å²) >= 11 is 0. The summed E-state index contributed by atoms with van der Waals surface area (Å²) in [5.74, 6) is 6.88. The van der Waals surface area contributed by atoms with Crippen molar-refractivity contribution in [1.29, 1.82) is 0 Å². The standard InChI is InChI=1S/C22H24N3O4P/c1-18(9-14-21(23)25-17-29-30(26)27-2)6-5-7-19-10-12-20(13-11-19)16-28-22-8-3-4-15-24-22/h3-4,8-15,26H,1,7,16-17H2,2H3,(H2,23,25)/b14-9-. The van der Waals surface area contributed by atoms with Crippen LogP contribution in [-0.4, -0.2) is 29.6 Å². The van der Waals surface area contributed by atoms with Gasteiger partial charge in [-0.15, -0.1) is 0 Å². The summed E-state index contributed by atoms with van der Waals surface area (Å²) in [7, 11) is -0.571. The molecule has 0 saturated carbocycles. The van der Waals surface area contributed by atoms with Gasteiger partial charge in [0.2, 0.25) is 5.88 Å². The quantitative estimate of drug-likeness (QED) is 0.199. The van der Waals surface area contributed by atoms with Gasteiger partial charge in [0.1, 0.15) is 19.2 Å². The second-order valence-electron chi connectivity index (χ2n) is 5.87. The predicted octanol–water partition coefficient (Wildman–Crippen LogP) is 3.52. The molecule has 2 rings (SSSR count). The predicted molar refractivity (Wildman–Crippen MR) is 118 cm³/mol. The van der Waals surface area contributed by atoms with Crippen molar-refractivity contribution in [3.8, 4) is 17.7 Å². The maximum absolute atomic E-state index is 9.12. The van der Waals surface area contributed by atoms with Crippen LogP contribution in [0.5, 0.6) is 5.88 Å². The fourth-order valence-corrected chi connectivity index (χ4v) is 2.35. The summed E-state index contributed by atoms with van der Waals surface area (Å²) in [6.07, 6.45) is 5.54. The van der Waals surface area contributed by atoms with E-state index in [-0.39, 0.29) is 12.6 Å². The highest BCUT2D eigenvalue weighted by Crippen LogP contribution is 2.30. The molecule has 1 unspecified atom stereocenters. The normalized spacial score (nSPS) is 12.3. The van der Waals surface area contributed by atoms with Gasteiger partial charge in [0, 0.05) is 31.4 Å². The van der Waals surface area contributed by atoms with E-state index in [1.54, 1.807) is 18.3 Å². The first kappa shape index (κ1) is 23.3. The summed E-state index contributed by atoms with van der Waals surface area (Å²) in [4.78, 5) is 17.2. The lowest BCUT2D eigenvalue weighted by Gasteiger charge is -2.05. The van der Waals surface area contributed by atoms with Crippen molar-refractivity contribution in [3.63, 3.8) is 0 Å². The van der Waals surface area contributed by atoms with E-state index in [1.807, 2.05) is 42.5 Å². The minimum Gasteiger partial charge on any atom is -0.473 e. The van der Waals surface area contributed by atoms with Crippen LogP contribution in [-0.2, 0) is 22.1 Å². The van der Waals surface area contributed by atoms with Crippen LogP contribution >= 0.6 is 8.60 Å². The van der Waals surface area contributed by atoms with Gasteiger partial charge >= 0.3 is 8.60 Å². The van der Waals surface area contributed by atoms with E-state index >= 15 is 0 Å². The third-order valence-corrected chi connectivity index (χ3v) is 4.26. The zero-order chi connectivity index (χ0) is 21.6. The van der Waals surface area contributed by atoms with Crippen molar-refractivity contribution in [2.45, 2.75) is 13.0 Å². The van der Waals surface area contributed by atoms with Crippen LogP contribution in [0.15, 0.2) is 78.0 Å². The third-order valence-electron chi connectivity index (χ3n) is 3.62. The van der Waals surface area contributed by atoms with Crippen LogP contribution in [0.25, 0.3) is 0 Å². The molecular formula is C22H24N3O4P. The summed E-state index contributed by atoms with van der Waals surface area (Å²) in [6.45, 7) is 4.24. The maximum atomic E-state index is 9.12. The summed E-state index contributed by atoms with van der Waals surface area (Å²) < 4.78 is 15.1. The Hall–Kier alpha value is -3.01. The minimum atomic E-state index is -1.91. The molecule has 0 bridgehead atoms. The maximum Gasteiger partial charge on any atom is 0.331 e. The van der Waals surface area contributed by atoms with Crippen molar-refractivity contribution in [2.75, 3.05) is 13.8 Å². The Morgan fingerprint density at radius 2 is 2.00 bits per heavy atom. The van der Waals surface area contributed by atoms with E-state index in [1.165, 1.54) is 7.11 Å². The number of aliphatic imine (C=N–C) groups is 1. The van der Waals surface area contributed by atoms with Crippen LogP contribution in [0.4, 0.5) is 0 Å². The number of nitrogens with zero attached hydrogens (tertiary/aromatic N) is 2. The Morgan fingerprint density at radius 1 is 1.23 bits per heavy atom. The van der Waals surface area contributed by atoms with Crippen molar-refractivity contribution < 1.29 is 18.7 Å². The number of aromatic nitrogens is 1. The highest BCUT2D eigenvalue weighted by Gasteiger charge is 2.01. The van der Waals surface area contributed by atoms with Crippen LogP contribution in [0, 0.1) is 11.8 Å². The summed E-state index contributed by atoms with van der Waals surface area (Å²) in [5.41, 5.74) is 8.47. The van der Waals surface area contributed by atoms with Gasteiger partial charge in [0.25, 0.3) is 0 Å². The molecule has 2 aromatic rings. The average Bonchev–Trinajstić information content (AvgIpc) is 2.77. The summed E-state index contributed by atoms with van der Waals surface area (Å²) in [5, 5.41) is 0.